The van der Waals surface area contributed by atoms with E-state index in [0.29, 0.717) is 13.1 Å². The minimum absolute atomic E-state index is 0.252. The summed E-state index contributed by atoms with van der Waals surface area (Å²) >= 11 is 0. The number of benzene rings is 3. The molecule has 166 valence electrons. The lowest BCUT2D eigenvalue weighted by Gasteiger charge is -2.25. The SMILES string of the molecule is CN(CC/C=C/c1ccccc1-c1ccccc1)C(CO)C(=O)NCc1ccc(F)cc1. The van der Waals surface area contributed by atoms with Gasteiger partial charge in [0.1, 0.15) is 11.9 Å². The van der Waals surface area contributed by atoms with E-state index in [1.807, 2.05) is 42.3 Å². The van der Waals surface area contributed by atoms with E-state index in [1.54, 1.807) is 12.1 Å². The van der Waals surface area contributed by atoms with Crippen molar-refractivity contribution < 1.29 is 14.3 Å². The number of carbonyl (C=O) groups is 1. The van der Waals surface area contributed by atoms with Crippen LogP contribution in [-0.2, 0) is 11.3 Å². The third kappa shape index (κ3) is 6.61. The number of aliphatic hydroxyl groups is 1. The van der Waals surface area contributed by atoms with E-state index in [2.05, 4.69) is 41.7 Å². The van der Waals surface area contributed by atoms with Crippen LogP contribution < -0.4 is 5.32 Å². The molecule has 1 amide bonds. The van der Waals surface area contributed by atoms with Gasteiger partial charge in [0.05, 0.1) is 6.61 Å². The number of amides is 1. The second-order valence-corrected chi connectivity index (χ2v) is 7.67. The molecular formula is C27H29FN2O2. The number of aliphatic hydroxyl groups excluding tert-OH is 1. The Balaban J connectivity index is 1.53. The van der Waals surface area contributed by atoms with Crippen molar-refractivity contribution in [1.29, 1.82) is 0 Å². The van der Waals surface area contributed by atoms with E-state index >= 15 is 0 Å². The lowest BCUT2D eigenvalue weighted by Crippen LogP contribution is -2.47. The summed E-state index contributed by atoms with van der Waals surface area (Å²) in [4.78, 5) is 14.3. The Bertz CT molecular complexity index is 1020. The number of nitrogens with one attached hydrogen (secondary N) is 1. The zero-order valence-electron chi connectivity index (χ0n) is 18.2. The number of carbonyl (C=O) groups excluding carboxylic acids is 1. The summed E-state index contributed by atoms with van der Waals surface area (Å²) in [5.41, 5.74) is 4.28. The first-order valence-electron chi connectivity index (χ1n) is 10.7. The smallest absolute Gasteiger partial charge is 0.239 e. The van der Waals surface area contributed by atoms with Crippen molar-refractivity contribution in [2.24, 2.45) is 0 Å². The molecule has 0 saturated carbocycles. The molecule has 0 heterocycles. The molecular weight excluding hydrogens is 403 g/mol. The van der Waals surface area contributed by atoms with E-state index in [0.717, 1.165) is 17.5 Å². The summed E-state index contributed by atoms with van der Waals surface area (Å²) < 4.78 is 13.0. The van der Waals surface area contributed by atoms with Gasteiger partial charge in [-0.25, -0.2) is 4.39 Å². The van der Waals surface area contributed by atoms with Crippen molar-refractivity contribution in [2.45, 2.75) is 19.0 Å². The van der Waals surface area contributed by atoms with Crippen molar-refractivity contribution >= 4 is 12.0 Å². The quantitative estimate of drug-likeness (QED) is 0.496. The molecule has 1 unspecified atom stereocenters. The van der Waals surface area contributed by atoms with Crippen LogP contribution in [0, 0.1) is 5.82 Å². The van der Waals surface area contributed by atoms with E-state index in [1.165, 1.54) is 23.3 Å². The van der Waals surface area contributed by atoms with Crippen LogP contribution in [0.5, 0.6) is 0 Å². The average Bonchev–Trinajstić information content (AvgIpc) is 2.83. The van der Waals surface area contributed by atoms with Crippen LogP contribution >= 0.6 is 0 Å². The fraction of sp³-hybridized carbons (Fsp3) is 0.222. The zero-order chi connectivity index (χ0) is 22.8. The molecule has 0 spiro atoms. The van der Waals surface area contributed by atoms with Gasteiger partial charge < -0.3 is 10.4 Å². The maximum absolute atomic E-state index is 13.0. The Hall–Kier alpha value is -3.28. The van der Waals surface area contributed by atoms with Gasteiger partial charge in [0, 0.05) is 13.1 Å². The largest absolute Gasteiger partial charge is 0.394 e. The van der Waals surface area contributed by atoms with Gasteiger partial charge in [0.25, 0.3) is 0 Å². The Kier molecular flexibility index (Phi) is 8.72. The van der Waals surface area contributed by atoms with Gasteiger partial charge in [-0.1, -0.05) is 78.9 Å². The van der Waals surface area contributed by atoms with Crippen molar-refractivity contribution in [1.82, 2.24) is 10.2 Å². The zero-order valence-corrected chi connectivity index (χ0v) is 18.2. The number of rotatable bonds is 10. The number of hydrogen-bond acceptors (Lipinski definition) is 3. The Morgan fingerprint density at radius 3 is 2.44 bits per heavy atom. The van der Waals surface area contributed by atoms with Crippen LogP contribution in [0.25, 0.3) is 17.2 Å². The second-order valence-electron chi connectivity index (χ2n) is 7.67. The van der Waals surface area contributed by atoms with Gasteiger partial charge in [-0.3, -0.25) is 9.69 Å². The van der Waals surface area contributed by atoms with Crippen LogP contribution in [0.4, 0.5) is 4.39 Å². The molecule has 32 heavy (non-hydrogen) atoms. The first-order chi connectivity index (χ1) is 15.6. The first-order valence-corrected chi connectivity index (χ1v) is 10.7. The molecule has 2 N–H and O–H groups in total. The molecule has 0 aliphatic rings. The molecule has 1 atom stereocenters. The normalized spacial score (nSPS) is 12.2. The Morgan fingerprint density at radius 1 is 1.03 bits per heavy atom. The van der Waals surface area contributed by atoms with Gasteiger partial charge in [-0.2, -0.15) is 0 Å². The summed E-state index contributed by atoms with van der Waals surface area (Å²) in [5.74, 6) is -0.565. The molecule has 0 fully saturated rings. The maximum Gasteiger partial charge on any atom is 0.239 e. The number of likely N-dealkylation sites (N-methyl/N-ethyl adjacent to an activating group) is 1. The molecule has 0 bridgehead atoms. The topological polar surface area (TPSA) is 52.6 Å². The molecule has 3 aromatic rings. The van der Waals surface area contributed by atoms with E-state index in [4.69, 9.17) is 0 Å². The van der Waals surface area contributed by atoms with Crippen LogP contribution in [0.15, 0.2) is 84.9 Å². The Labute approximate surface area is 189 Å². The molecule has 0 radical (unpaired) electrons. The second kappa shape index (κ2) is 11.9. The van der Waals surface area contributed by atoms with E-state index in [9.17, 15) is 14.3 Å². The van der Waals surface area contributed by atoms with Gasteiger partial charge in [0.2, 0.25) is 5.91 Å². The molecule has 0 aromatic heterocycles. The minimum atomic E-state index is -0.638. The standard InChI is InChI=1S/C27H29FN2O2/c1-30(26(20-31)27(32)29-19-21-14-16-24(28)17-15-21)18-8-7-12-23-11-5-6-13-25(23)22-9-3-2-4-10-22/h2-7,9-17,26,31H,8,18-20H2,1H3,(H,29,32)/b12-7+. The summed E-state index contributed by atoms with van der Waals surface area (Å²) in [6, 6.07) is 23.8. The fourth-order valence-electron chi connectivity index (χ4n) is 3.50. The fourth-order valence-corrected chi connectivity index (χ4v) is 3.50. The van der Waals surface area contributed by atoms with Gasteiger partial charge in [0.15, 0.2) is 0 Å². The highest BCUT2D eigenvalue weighted by Crippen LogP contribution is 2.24. The highest BCUT2D eigenvalue weighted by atomic mass is 19.1. The minimum Gasteiger partial charge on any atom is -0.394 e. The molecule has 0 saturated heterocycles. The van der Waals surface area contributed by atoms with E-state index in [-0.39, 0.29) is 18.3 Å². The molecule has 0 aliphatic carbocycles. The predicted octanol–water partition coefficient (Wildman–Crippen LogP) is 4.51. The average molecular weight is 433 g/mol. The van der Waals surface area contributed by atoms with Crippen molar-refractivity contribution in [2.75, 3.05) is 20.2 Å². The molecule has 3 aromatic carbocycles. The van der Waals surface area contributed by atoms with Crippen molar-refractivity contribution in [3.05, 3.63) is 102 Å². The van der Waals surface area contributed by atoms with Crippen LogP contribution in [0.1, 0.15) is 17.5 Å². The van der Waals surface area contributed by atoms with Crippen LogP contribution in [0.3, 0.4) is 0 Å². The lowest BCUT2D eigenvalue weighted by atomic mass is 9.99. The third-order valence-corrected chi connectivity index (χ3v) is 5.38. The summed E-state index contributed by atoms with van der Waals surface area (Å²) in [6.07, 6.45) is 4.92. The highest BCUT2D eigenvalue weighted by molar-refractivity contribution is 5.81. The monoisotopic (exact) mass is 432 g/mol. The molecule has 3 rings (SSSR count). The molecule has 5 heteroatoms. The third-order valence-electron chi connectivity index (χ3n) is 5.38. The van der Waals surface area contributed by atoms with Gasteiger partial charge in [-0.05, 0) is 47.9 Å². The van der Waals surface area contributed by atoms with Crippen LogP contribution in [-0.4, -0.2) is 42.2 Å². The molecule has 4 nitrogen and oxygen atoms in total. The highest BCUT2D eigenvalue weighted by Gasteiger charge is 2.21. The molecule has 0 aliphatic heterocycles. The van der Waals surface area contributed by atoms with Crippen LogP contribution in [0.2, 0.25) is 0 Å². The van der Waals surface area contributed by atoms with E-state index < -0.39 is 6.04 Å². The summed E-state index contributed by atoms with van der Waals surface area (Å²) in [5, 5.41) is 12.5. The number of halogens is 1. The summed E-state index contributed by atoms with van der Waals surface area (Å²) in [7, 11) is 1.82. The lowest BCUT2D eigenvalue weighted by molar-refractivity contribution is -0.127. The first kappa shape index (κ1) is 23.4. The summed E-state index contributed by atoms with van der Waals surface area (Å²) in [6.45, 7) is 0.644. The Morgan fingerprint density at radius 2 is 1.72 bits per heavy atom. The number of hydrogen-bond donors (Lipinski definition) is 2. The van der Waals surface area contributed by atoms with Gasteiger partial charge >= 0.3 is 0 Å². The van der Waals surface area contributed by atoms with Crippen molar-refractivity contribution in [3.63, 3.8) is 0 Å². The van der Waals surface area contributed by atoms with Gasteiger partial charge in [-0.15, -0.1) is 0 Å². The predicted molar refractivity (Wildman–Crippen MR) is 127 cm³/mol. The number of nitrogens with zero attached hydrogens (tertiary/aromatic N) is 1. The maximum atomic E-state index is 13.0. The van der Waals surface area contributed by atoms with Crippen molar-refractivity contribution in [3.8, 4) is 11.1 Å².